The van der Waals surface area contributed by atoms with Crippen LogP contribution in [0.15, 0.2) is 24.5 Å². The van der Waals surface area contributed by atoms with Crippen molar-refractivity contribution in [3.8, 4) is 5.75 Å². The van der Waals surface area contributed by atoms with Crippen molar-refractivity contribution in [2.24, 2.45) is 7.05 Å². The summed E-state index contributed by atoms with van der Waals surface area (Å²) >= 11 is 0. The van der Waals surface area contributed by atoms with Gasteiger partial charge >= 0.3 is 0 Å². The summed E-state index contributed by atoms with van der Waals surface area (Å²) in [6.45, 7) is 1.15. The zero-order chi connectivity index (χ0) is 18.1. The van der Waals surface area contributed by atoms with E-state index in [0.717, 1.165) is 0 Å². The summed E-state index contributed by atoms with van der Waals surface area (Å²) in [6.07, 6.45) is 2.53. The fraction of sp³-hybridized carbons (Fsp3) is 0.353. The van der Waals surface area contributed by atoms with Gasteiger partial charge in [-0.15, -0.1) is 0 Å². The minimum Gasteiger partial charge on any atom is -0.486 e. The van der Waals surface area contributed by atoms with E-state index in [0.29, 0.717) is 22.6 Å². The summed E-state index contributed by atoms with van der Waals surface area (Å²) in [4.78, 5) is 24.7. The Morgan fingerprint density at radius 2 is 2.12 bits per heavy atom. The highest BCUT2D eigenvalue weighted by Crippen LogP contribution is 2.41. The Hall–Kier alpha value is -2.90. The SMILES string of the molecule is CNC(=O)c1cc(C(=O)Nc2cnn(C)c2)cc2c1O[C@H](CF)[C@H]2C. The number of aromatic nitrogens is 2. The second kappa shape index (κ2) is 6.54. The van der Waals surface area contributed by atoms with E-state index in [1.807, 2.05) is 6.92 Å². The van der Waals surface area contributed by atoms with E-state index in [1.165, 1.54) is 19.3 Å². The van der Waals surface area contributed by atoms with Gasteiger partial charge in [0.1, 0.15) is 18.5 Å². The summed E-state index contributed by atoms with van der Waals surface area (Å²) in [5, 5.41) is 9.24. The molecule has 0 radical (unpaired) electrons. The lowest BCUT2D eigenvalue weighted by molar-refractivity contribution is 0.0955. The van der Waals surface area contributed by atoms with Crippen LogP contribution in [0.25, 0.3) is 0 Å². The zero-order valence-electron chi connectivity index (χ0n) is 14.2. The Balaban J connectivity index is 1.99. The lowest BCUT2D eigenvalue weighted by atomic mass is 9.94. The highest BCUT2D eigenvalue weighted by molar-refractivity contribution is 6.07. The van der Waals surface area contributed by atoms with Gasteiger partial charge in [0, 0.05) is 37.3 Å². The summed E-state index contributed by atoms with van der Waals surface area (Å²) in [7, 11) is 3.23. The van der Waals surface area contributed by atoms with Crippen LogP contribution in [0.2, 0.25) is 0 Å². The van der Waals surface area contributed by atoms with Crippen molar-refractivity contribution in [2.75, 3.05) is 19.0 Å². The van der Waals surface area contributed by atoms with Gasteiger partial charge in [0.15, 0.2) is 0 Å². The number of nitrogens with one attached hydrogen (secondary N) is 2. The van der Waals surface area contributed by atoms with Crippen LogP contribution in [0.3, 0.4) is 0 Å². The predicted octanol–water partition coefficient (Wildman–Crippen LogP) is 1.87. The molecule has 0 saturated carbocycles. The molecule has 3 rings (SSSR count). The molecule has 1 aliphatic rings. The third kappa shape index (κ3) is 3.07. The molecule has 0 spiro atoms. The molecule has 0 bridgehead atoms. The highest BCUT2D eigenvalue weighted by Gasteiger charge is 2.35. The highest BCUT2D eigenvalue weighted by atomic mass is 19.1. The smallest absolute Gasteiger partial charge is 0.255 e. The minimum atomic E-state index is -0.666. The van der Waals surface area contributed by atoms with E-state index < -0.39 is 12.8 Å². The second-order valence-electron chi connectivity index (χ2n) is 5.98. The third-order valence-electron chi connectivity index (χ3n) is 4.28. The number of anilines is 1. The Bertz CT molecular complexity index is 833. The molecule has 0 aliphatic carbocycles. The van der Waals surface area contributed by atoms with Gasteiger partial charge in [0.25, 0.3) is 11.8 Å². The first-order valence-electron chi connectivity index (χ1n) is 7.87. The molecule has 0 saturated heterocycles. The van der Waals surface area contributed by atoms with Crippen molar-refractivity contribution in [3.63, 3.8) is 0 Å². The predicted molar refractivity (Wildman–Crippen MR) is 89.8 cm³/mol. The molecule has 2 amide bonds. The van der Waals surface area contributed by atoms with Crippen LogP contribution in [0.4, 0.5) is 10.1 Å². The number of alkyl halides is 1. The van der Waals surface area contributed by atoms with Crippen LogP contribution in [-0.4, -0.2) is 41.4 Å². The maximum atomic E-state index is 13.2. The first-order valence-corrected chi connectivity index (χ1v) is 7.87. The van der Waals surface area contributed by atoms with E-state index in [1.54, 1.807) is 24.0 Å². The molecule has 8 heteroatoms. The molecule has 2 aromatic rings. The van der Waals surface area contributed by atoms with Gasteiger partial charge < -0.3 is 15.4 Å². The van der Waals surface area contributed by atoms with Gasteiger partial charge in [-0.3, -0.25) is 14.3 Å². The number of nitrogens with zero attached hydrogens (tertiary/aromatic N) is 2. The quantitative estimate of drug-likeness (QED) is 0.885. The van der Waals surface area contributed by atoms with Gasteiger partial charge in [0.05, 0.1) is 17.4 Å². The molecule has 2 atom stereocenters. The molecule has 7 nitrogen and oxygen atoms in total. The monoisotopic (exact) mass is 346 g/mol. The van der Waals surface area contributed by atoms with E-state index in [4.69, 9.17) is 4.74 Å². The van der Waals surface area contributed by atoms with E-state index >= 15 is 0 Å². The molecule has 1 aliphatic heterocycles. The molecule has 2 heterocycles. The number of aryl methyl sites for hydroxylation is 1. The maximum Gasteiger partial charge on any atom is 0.255 e. The van der Waals surface area contributed by atoms with E-state index in [-0.39, 0.29) is 23.3 Å². The van der Waals surface area contributed by atoms with Gasteiger partial charge in [-0.1, -0.05) is 6.92 Å². The fourth-order valence-corrected chi connectivity index (χ4v) is 2.86. The van der Waals surface area contributed by atoms with Crippen LogP contribution in [0.5, 0.6) is 5.75 Å². The van der Waals surface area contributed by atoms with E-state index in [9.17, 15) is 14.0 Å². The topological polar surface area (TPSA) is 85.3 Å². The number of hydrogen-bond donors (Lipinski definition) is 2. The molecular weight excluding hydrogens is 327 g/mol. The lowest BCUT2D eigenvalue weighted by Crippen LogP contribution is -2.21. The van der Waals surface area contributed by atoms with Crippen LogP contribution < -0.4 is 15.4 Å². The maximum absolute atomic E-state index is 13.2. The summed E-state index contributed by atoms with van der Waals surface area (Å²) < 4.78 is 20.3. The summed E-state index contributed by atoms with van der Waals surface area (Å²) in [5.74, 6) is -0.683. The third-order valence-corrected chi connectivity index (χ3v) is 4.28. The molecule has 0 unspecified atom stereocenters. The average Bonchev–Trinajstić information content (AvgIpc) is 3.16. The number of fused-ring (bicyclic) bond motifs is 1. The van der Waals surface area contributed by atoms with Crippen LogP contribution in [0, 0.1) is 0 Å². The number of carbonyl (C=O) groups excluding carboxylic acids is 2. The number of rotatable bonds is 4. The molecule has 1 aromatic carbocycles. The second-order valence-corrected chi connectivity index (χ2v) is 5.98. The minimum absolute atomic E-state index is 0.221. The van der Waals surface area contributed by atoms with Gasteiger partial charge in [-0.05, 0) is 12.1 Å². The molecule has 2 N–H and O–H groups in total. The summed E-state index contributed by atoms with van der Waals surface area (Å²) in [5.41, 5.74) is 1.72. The molecular formula is C17H19FN4O3. The van der Waals surface area contributed by atoms with Crippen LogP contribution in [-0.2, 0) is 7.05 Å². The first-order chi connectivity index (χ1) is 11.9. The molecule has 132 valence electrons. The number of benzene rings is 1. The van der Waals surface area contributed by atoms with Crippen LogP contribution in [0.1, 0.15) is 39.1 Å². The zero-order valence-corrected chi connectivity index (χ0v) is 14.2. The van der Waals surface area contributed by atoms with Crippen molar-refractivity contribution in [3.05, 3.63) is 41.2 Å². The van der Waals surface area contributed by atoms with Crippen LogP contribution >= 0.6 is 0 Å². The van der Waals surface area contributed by atoms with Gasteiger partial charge in [0.2, 0.25) is 0 Å². The van der Waals surface area contributed by atoms with E-state index in [2.05, 4.69) is 15.7 Å². The molecule has 25 heavy (non-hydrogen) atoms. The van der Waals surface area contributed by atoms with Crippen molar-refractivity contribution >= 4 is 17.5 Å². The Kier molecular flexibility index (Phi) is 4.43. The number of amides is 2. The lowest BCUT2D eigenvalue weighted by Gasteiger charge is -2.11. The van der Waals surface area contributed by atoms with Crippen molar-refractivity contribution < 1.29 is 18.7 Å². The molecule has 0 fully saturated rings. The largest absolute Gasteiger partial charge is 0.486 e. The van der Waals surface area contributed by atoms with Gasteiger partial charge in [-0.2, -0.15) is 5.10 Å². The first kappa shape index (κ1) is 16.9. The normalized spacial score (nSPS) is 18.4. The van der Waals surface area contributed by atoms with Crippen molar-refractivity contribution in [1.82, 2.24) is 15.1 Å². The average molecular weight is 346 g/mol. The van der Waals surface area contributed by atoms with Crippen molar-refractivity contribution in [2.45, 2.75) is 18.9 Å². The standard InChI is InChI=1S/C17H19FN4O3/c1-9-12-4-10(16(23)21-11-7-20-22(3)8-11)5-13(17(24)19-2)15(12)25-14(9)6-18/h4-5,7-9,14H,6H2,1-3H3,(H,19,24)(H,21,23)/t9-,14+/m0/s1. The summed E-state index contributed by atoms with van der Waals surface area (Å²) in [6, 6.07) is 3.10. The van der Waals surface area contributed by atoms with Crippen molar-refractivity contribution in [1.29, 1.82) is 0 Å². The Morgan fingerprint density at radius 1 is 1.36 bits per heavy atom. The number of carbonyl (C=O) groups is 2. The molecule has 1 aromatic heterocycles. The van der Waals surface area contributed by atoms with Gasteiger partial charge in [-0.25, -0.2) is 4.39 Å². The Labute approximate surface area is 144 Å². The number of ether oxygens (including phenoxy) is 1. The Morgan fingerprint density at radius 3 is 2.72 bits per heavy atom. The number of hydrogen-bond acceptors (Lipinski definition) is 4. The number of halogens is 1. The fourth-order valence-electron chi connectivity index (χ4n) is 2.86.